The molecular formula is C15H22N2O5S. The Bertz CT molecular complexity index is 674. The zero-order valence-electron chi connectivity index (χ0n) is 13.3. The predicted octanol–water partition coefficient (Wildman–Crippen LogP) is 0.265. The van der Waals surface area contributed by atoms with Crippen LogP contribution in [0.4, 0.5) is 0 Å². The van der Waals surface area contributed by atoms with Crippen LogP contribution in [0.5, 0.6) is 5.75 Å². The third kappa shape index (κ3) is 3.65. The molecule has 1 heterocycles. The Labute approximate surface area is 136 Å². The number of rotatable bonds is 6. The molecule has 0 aliphatic carbocycles. The van der Waals surface area contributed by atoms with E-state index in [-0.39, 0.29) is 24.0 Å². The van der Waals surface area contributed by atoms with Gasteiger partial charge in [0.15, 0.2) is 0 Å². The molecule has 1 atom stereocenters. The summed E-state index contributed by atoms with van der Waals surface area (Å²) in [5, 5.41) is 11.3. The predicted molar refractivity (Wildman–Crippen MR) is 84.7 cm³/mol. The number of methoxy groups -OCH3 is 1. The number of nitrogens with zero attached hydrogens (tertiary/aromatic N) is 1. The third-order valence-electron chi connectivity index (χ3n) is 3.90. The zero-order chi connectivity index (χ0) is 17.0. The van der Waals surface area contributed by atoms with E-state index in [0.717, 1.165) is 0 Å². The molecule has 1 aromatic carbocycles. The Morgan fingerprint density at radius 1 is 1.48 bits per heavy atom. The number of benzene rings is 1. The van der Waals surface area contributed by atoms with Crippen LogP contribution in [-0.2, 0) is 14.8 Å². The molecule has 1 fully saturated rings. The molecule has 23 heavy (non-hydrogen) atoms. The SMILES string of the molecule is COc1ccc(C)c(S(=O)(=O)N2CCCC2C(=O)NCCO)c1. The van der Waals surface area contributed by atoms with E-state index in [2.05, 4.69) is 5.32 Å². The lowest BCUT2D eigenvalue weighted by molar-refractivity contribution is -0.124. The van der Waals surface area contributed by atoms with Gasteiger partial charge in [0.05, 0.1) is 18.6 Å². The van der Waals surface area contributed by atoms with Gasteiger partial charge in [0, 0.05) is 19.2 Å². The van der Waals surface area contributed by atoms with Gasteiger partial charge in [-0.3, -0.25) is 4.79 Å². The van der Waals surface area contributed by atoms with Gasteiger partial charge in [0.1, 0.15) is 11.8 Å². The number of amides is 1. The van der Waals surface area contributed by atoms with Gasteiger partial charge in [-0.2, -0.15) is 4.31 Å². The fourth-order valence-electron chi connectivity index (χ4n) is 2.70. The number of ether oxygens (including phenoxy) is 1. The minimum absolute atomic E-state index is 0.113. The molecule has 1 aliphatic rings. The average molecular weight is 342 g/mol. The molecule has 0 saturated carbocycles. The van der Waals surface area contributed by atoms with Gasteiger partial charge in [-0.15, -0.1) is 0 Å². The molecule has 2 N–H and O–H groups in total. The number of sulfonamides is 1. The summed E-state index contributed by atoms with van der Waals surface area (Å²) in [6.45, 7) is 1.95. The Kier molecular flexibility index (Phi) is 5.61. The van der Waals surface area contributed by atoms with Gasteiger partial charge < -0.3 is 15.2 Å². The molecule has 0 spiro atoms. The number of aliphatic hydroxyl groups is 1. The van der Waals surface area contributed by atoms with E-state index < -0.39 is 16.1 Å². The Hall–Kier alpha value is -1.64. The van der Waals surface area contributed by atoms with Crippen molar-refractivity contribution in [2.24, 2.45) is 0 Å². The number of aryl methyl sites for hydroxylation is 1. The minimum Gasteiger partial charge on any atom is -0.497 e. The van der Waals surface area contributed by atoms with Crippen LogP contribution in [0.2, 0.25) is 0 Å². The van der Waals surface area contributed by atoms with Gasteiger partial charge in [-0.1, -0.05) is 6.07 Å². The number of aliphatic hydroxyl groups excluding tert-OH is 1. The molecule has 1 unspecified atom stereocenters. The first-order valence-corrected chi connectivity index (χ1v) is 8.91. The lowest BCUT2D eigenvalue weighted by Gasteiger charge is -2.24. The van der Waals surface area contributed by atoms with Gasteiger partial charge >= 0.3 is 0 Å². The van der Waals surface area contributed by atoms with Crippen LogP contribution in [0, 0.1) is 6.92 Å². The molecule has 0 radical (unpaired) electrons. The van der Waals surface area contributed by atoms with Crippen LogP contribution in [0.25, 0.3) is 0 Å². The van der Waals surface area contributed by atoms with Crippen molar-refractivity contribution in [2.45, 2.75) is 30.7 Å². The number of nitrogens with one attached hydrogen (secondary N) is 1. The second kappa shape index (κ2) is 7.29. The maximum absolute atomic E-state index is 13.0. The molecule has 1 amide bonds. The van der Waals surface area contributed by atoms with Crippen molar-refractivity contribution in [3.63, 3.8) is 0 Å². The highest BCUT2D eigenvalue weighted by molar-refractivity contribution is 7.89. The van der Waals surface area contributed by atoms with Gasteiger partial charge in [-0.25, -0.2) is 8.42 Å². The smallest absolute Gasteiger partial charge is 0.244 e. The highest BCUT2D eigenvalue weighted by atomic mass is 32.2. The van der Waals surface area contributed by atoms with Crippen LogP contribution >= 0.6 is 0 Å². The summed E-state index contributed by atoms with van der Waals surface area (Å²) >= 11 is 0. The molecule has 7 nitrogen and oxygen atoms in total. The zero-order valence-corrected chi connectivity index (χ0v) is 14.1. The van der Waals surface area contributed by atoms with Gasteiger partial charge in [0.25, 0.3) is 0 Å². The third-order valence-corrected chi connectivity index (χ3v) is 5.95. The van der Waals surface area contributed by atoms with Gasteiger partial charge in [0.2, 0.25) is 15.9 Å². The van der Waals surface area contributed by atoms with Crippen molar-refractivity contribution >= 4 is 15.9 Å². The highest BCUT2D eigenvalue weighted by Crippen LogP contribution is 2.30. The summed E-state index contributed by atoms with van der Waals surface area (Å²) in [5.74, 6) is 0.0790. The largest absolute Gasteiger partial charge is 0.497 e. The van der Waals surface area contributed by atoms with Crippen LogP contribution in [0.3, 0.4) is 0 Å². The normalized spacial score (nSPS) is 18.8. The van der Waals surface area contributed by atoms with E-state index >= 15 is 0 Å². The van der Waals surface area contributed by atoms with E-state index in [1.54, 1.807) is 19.1 Å². The fourth-order valence-corrected chi connectivity index (χ4v) is 4.60. The van der Waals surface area contributed by atoms with E-state index in [4.69, 9.17) is 9.84 Å². The van der Waals surface area contributed by atoms with Crippen molar-refractivity contribution in [3.8, 4) is 5.75 Å². The van der Waals surface area contributed by atoms with Crippen molar-refractivity contribution in [1.82, 2.24) is 9.62 Å². The molecule has 1 aromatic rings. The topological polar surface area (TPSA) is 95.9 Å². The van der Waals surface area contributed by atoms with Crippen LogP contribution in [0.1, 0.15) is 18.4 Å². The summed E-state index contributed by atoms with van der Waals surface area (Å²) in [6, 6.07) is 4.12. The second-order valence-corrected chi connectivity index (χ2v) is 7.28. The van der Waals surface area contributed by atoms with Crippen molar-refractivity contribution < 1.29 is 23.1 Å². The molecule has 1 saturated heterocycles. The molecular weight excluding hydrogens is 320 g/mol. The Balaban J connectivity index is 2.33. The number of hydrogen-bond acceptors (Lipinski definition) is 5. The summed E-state index contributed by atoms with van der Waals surface area (Å²) in [7, 11) is -2.32. The Morgan fingerprint density at radius 2 is 2.22 bits per heavy atom. The van der Waals surface area contributed by atoms with E-state index in [1.165, 1.54) is 17.5 Å². The second-order valence-electron chi connectivity index (χ2n) is 5.42. The van der Waals surface area contributed by atoms with Crippen LogP contribution in [-0.4, -0.2) is 56.6 Å². The molecule has 2 rings (SSSR count). The average Bonchev–Trinajstić information content (AvgIpc) is 3.03. The van der Waals surface area contributed by atoms with Gasteiger partial charge in [-0.05, 0) is 31.4 Å². The van der Waals surface area contributed by atoms with Crippen molar-refractivity contribution in [3.05, 3.63) is 23.8 Å². The monoisotopic (exact) mass is 342 g/mol. The van der Waals surface area contributed by atoms with Crippen LogP contribution in [0.15, 0.2) is 23.1 Å². The minimum atomic E-state index is -3.79. The lowest BCUT2D eigenvalue weighted by Crippen LogP contribution is -2.46. The number of carbonyl (C=O) groups excluding carboxylic acids is 1. The van der Waals surface area contributed by atoms with E-state index in [1.807, 2.05) is 0 Å². The molecule has 1 aliphatic heterocycles. The summed E-state index contributed by atoms with van der Waals surface area (Å²) < 4.78 is 32.2. The van der Waals surface area contributed by atoms with Crippen molar-refractivity contribution in [2.75, 3.05) is 26.8 Å². The first-order chi connectivity index (χ1) is 10.9. The fraction of sp³-hybridized carbons (Fsp3) is 0.533. The first-order valence-electron chi connectivity index (χ1n) is 7.47. The summed E-state index contributed by atoms with van der Waals surface area (Å²) in [6.07, 6.45) is 1.10. The molecule has 8 heteroatoms. The highest BCUT2D eigenvalue weighted by Gasteiger charge is 2.39. The summed E-state index contributed by atoms with van der Waals surface area (Å²) in [4.78, 5) is 12.3. The first kappa shape index (κ1) is 17.7. The lowest BCUT2D eigenvalue weighted by atomic mass is 10.2. The molecule has 0 aromatic heterocycles. The summed E-state index contributed by atoms with van der Waals surface area (Å²) in [5.41, 5.74) is 0.604. The Morgan fingerprint density at radius 3 is 2.87 bits per heavy atom. The van der Waals surface area contributed by atoms with Crippen molar-refractivity contribution in [1.29, 1.82) is 0 Å². The quantitative estimate of drug-likeness (QED) is 0.773. The van der Waals surface area contributed by atoms with Crippen LogP contribution < -0.4 is 10.1 Å². The molecule has 0 bridgehead atoms. The number of carbonyl (C=O) groups is 1. The van der Waals surface area contributed by atoms with E-state index in [9.17, 15) is 13.2 Å². The molecule has 128 valence electrons. The standard InChI is InChI=1S/C15H22N2O5S/c1-11-5-6-12(22-2)10-14(11)23(20,21)17-8-3-4-13(17)15(19)16-7-9-18/h5-6,10,13,18H,3-4,7-9H2,1-2H3,(H,16,19). The maximum Gasteiger partial charge on any atom is 0.244 e. The van der Waals surface area contributed by atoms with E-state index in [0.29, 0.717) is 30.7 Å². The number of hydrogen-bond donors (Lipinski definition) is 2. The maximum atomic E-state index is 13.0.